The Morgan fingerprint density at radius 2 is 2.17 bits per heavy atom. The minimum atomic E-state index is -0.588. The molecular formula is C17H31N3O3S. The first kappa shape index (κ1) is 20.9. The van der Waals surface area contributed by atoms with Crippen LogP contribution in [0.5, 0.6) is 5.19 Å². The topological polar surface area (TPSA) is 83.5 Å². The molecule has 1 amide bonds. The second-order valence-electron chi connectivity index (χ2n) is 6.47. The number of thiazole rings is 1. The number of ether oxygens (including phenoxy) is 1. The summed E-state index contributed by atoms with van der Waals surface area (Å²) in [6.07, 6.45) is 4.65. The maximum atomic E-state index is 11.9. The second-order valence-corrected chi connectivity index (χ2v) is 7.47. The monoisotopic (exact) mass is 357 g/mol. The molecule has 0 bridgehead atoms. The fourth-order valence-electron chi connectivity index (χ4n) is 2.00. The molecule has 1 aromatic rings. The summed E-state index contributed by atoms with van der Waals surface area (Å²) in [5, 5.41) is 16.9. The maximum absolute atomic E-state index is 11.9. The molecule has 0 spiro atoms. The number of hydrogen-bond donors (Lipinski definition) is 3. The molecule has 0 saturated carbocycles. The molecule has 0 radical (unpaired) electrons. The first-order valence-corrected chi connectivity index (χ1v) is 9.52. The number of carbonyl (C=O) groups is 1. The second kappa shape index (κ2) is 11.4. The number of aliphatic hydroxyl groups is 1. The number of hydrogen-bond acceptors (Lipinski definition) is 6. The smallest absolute Gasteiger partial charge is 0.275 e. The first-order chi connectivity index (χ1) is 11.4. The quantitative estimate of drug-likeness (QED) is 0.535. The van der Waals surface area contributed by atoms with Crippen LogP contribution >= 0.6 is 11.3 Å². The normalized spacial score (nSPS) is 13.8. The van der Waals surface area contributed by atoms with E-state index in [4.69, 9.17) is 4.74 Å². The molecule has 7 heteroatoms. The van der Waals surface area contributed by atoms with E-state index in [2.05, 4.69) is 29.5 Å². The van der Waals surface area contributed by atoms with Gasteiger partial charge in [0.05, 0.1) is 6.20 Å². The van der Waals surface area contributed by atoms with Crippen LogP contribution in [0.15, 0.2) is 6.20 Å². The lowest BCUT2D eigenvalue weighted by molar-refractivity contribution is -0.116. The molecule has 0 aliphatic rings. The molecule has 0 saturated heterocycles. The molecule has 138 valence electrons. The van der Waals surface area contributed by atoms with Crippen LogP contribution in [0.4, 0.5) is 5.00 Å². The third-order valence-electron chi connectivity index (χ3n) is 3.71. The zero-order chi connectivity index (χ0) is 17.9. The van der Waals surface area contributed by atoms with E-state index in [9.17, 15) is 9.90 Å². The summed E-state index contributed by atoms with van der Waals surface area (Å²) in [7, 11) is 0. The van der Waals surface area contributed by atoms with Crippen LogP contribution in [0.3, 0.4) is 0 Å². The summed E-state index contributed by atoms with van der Waals surface area (Å²) in [5.74, 6) is 0.674. The number of nitrogens with one attached hydrogen (secondary N) is 2. The van der Waals surface area contributed by atoms with E-state index in [1.807, 2.05) is 13.8 Å². The zero-order valence-electron chi connectivity index (χ0n) is 15.2. The van der Waals surface area contributed by atoms with Crippen molar-refractivity contribution in [1.82, 2.24) is 10.3 Å². The van der Waals surface area contributed by atoms with E-state index in [0.717, 1.165) is 19.3 Å². The number of aliphatic hydroxyl groups excluding tert-OH is 1. The highest BCUT2D eigenvalue weighted by molar-refractivity contribution is 7.17. The van der Waals surface area contributed by atoms with Crippen molar-refractivity contribution < 1.29 is 14.6 Å². The molecule has 2 unspecified atom stereocenters. The third kappa shape index (κ3) is 9.20. The summed E-state index contributed by atoms with van der Waals surface area (Å²) in [6, 6.07) is 0.321. The highest BCUT2D eigenvalue weighted by Crippen LogP contribution is 2.25. The van der Waals surface area contributed by atoms with Crippen LogP contribution in [0.2, 0.25) is 0 Å². The van der Waals surface area contributed by atoms with Gasteiger partial charge in [0.15, 0.2) is 0 Å². The SMILES string of the molecule is CCC(C)CCCC(=O)Nc1cnc(OCC(O)CNC(C)C)s1. The molecule has 0 fully saturated rings. The lowest BCUT2D eigenvalue weighted by atomic mass is 10.0. The molecule has 0 aliphatic heterocycles. The highest BCUT2D eigenvalue weighted by atomic mass is 32.1. The summed E-state index contributed by atoms with van der Waals surface area (Å²) >= 11 is 1.28. The van der Waals surface area contributed by atoms with Crippen LogP contribution in [-0.2, 0) is 4.79 Å². The number of rotatable bonds is 12. The van der Waals surface area contributed by atoms with Crippen molar-refractivity contribution in [3.8, 4) is 5.19 Å². The summed E-state index contributed by atoms with van der Waals surface area (Å²) in [5.41, 5.74) is 0. The fraction of sp³-hybridized carbons (Fsp3) is 0.765. The van der Waals surface area contributed by atoms with Gasteiger partial charge < -0.3 is 20.5 Å². The van der Waals surface area contributed by atoms with Gasteiger partial charge in [-0.2, -0.15) is 0 Å². The molecular weight excluding hydrogens is 326 g/mol. The van der Waals surface area contributed by atoms with Crippen molar-refractivity contribution in [3.63, 3.8) is 0 Å². The fourth-order valence-corrected chi connectivity index (χ4v) is 2.69. The van der Waals surface area contributed by atoms with Gasteiger partial charge in [-0.25, -0.2) is 4.98 Å². The van der Waals surface area contributed by atoms with Gasteiger partial charge in [-0.1, -0.05) is 51.9 Å². The van der Waals surface area contributed by atoms with E-state index < -0.39 is 6.10 Å². The van der Waals surface area contributed by atoms with Crippen molar-refractivity contribution >= 4 is 22.2 Å². The van der Waals surface area contributed by atoms with Crippen molar-refractivity contribution in [3.05, 3.63) is 6.20 Å². The van der Waals surface area contributed by atoms with Crippen LogP contribution in [0.25, 0.3) is 0 Å². The lowest BCUT2D eigenvalue weighted by Gasteiger charge is -2.13. The molecule has 1 heterocycles. The molecule has 6 nitrogen and oxygen atoms in total. The van der Waals surface area contributed by atoms with Crippen molar-refractivity contribution in [2.45, 2.75) is 65.5 Å². The molecule has 24 heavy (non-hydrogen) atoms. The summed E-state index contributed by atoms with van der Waals surface area (Å²) in [6.45, 7) is 9.06. The third-order valence-corrected chi connectivity index (χ3v) is 4.53. The highest BCUT2D eigenvalue weighted by Gasteiger charge is 2.10. The first-order valence-electron chi connectivity index (χ1n) is 8.70. The van der Waals surface area contributed by atoms with Gasteiger partial charge in [-0.05, 0) is 12.3 Å². The Bertz CT molecular complexity index is 479. The molecule has 3 N–H and O–H groups in total. The Balaban J connectivity index is 2.26. The number of amides is 1. The molecule has 1 rings (SSSR count). The summed E-state index contributed by atoms with van der Waals surface area (Å²) < 4.78 is 5.46. The number of anilines is 1. The van der Waals surface area contributed by atoms with Gasteiger partial charge in [0.1, 0.15) is 17.7 Å². The molecule has 2 atom stereocenters. The predicted octanol–water partition coefficient (Wildman–Crippen LogP) is 3.04. The Labute approximate surface area is 149 Å². The number of aromatic nitrogens is 1. The van der Waals surface area contributed by atoms with Gasteiger partial charge >= 0.3 is 0 Å². The zero-order valence-corrected chi connectivity index (χ0v) is 16.0. The lowest BCUT2D eigenvalue weighted by Crippen LogP contribution is -2.35. The average molecular weight is 358 g/mol. The Kier molecular flexibility index (Phi) is 9.90. The van der Waals surface area contributed by atoms with E-state index >= 15 is 0 Å². The number of nitrogens with zero attached hydrogens (tertiary/aromatic N) is 1. The molecule has 1 aromatic heterocycles. The predicted molar refractivity (Wildman–Crippen MR) is 98.7 cm³/mol. The van der Waals surface area contributed by atoms with Crippen LogP contribution in [0, 0.1) is 5.92 Å². The van der Waals surface area contributed by atoms with E-state index in [1.54, 1.807) is 6.20 Å². The van der Waals surface area contributed by atoms with Gasteiger partial charge in [-0.15, -0.1) is 0 Å². The van der Waals surface area contributed by atoms with Crippen molar-refractivity contribution in [2.24, 2.45) is 5.92 Å². The minimum absolute atomic E-state index is 0.00895. The van der Waals surface area contributed by atoms with Crippen molar-refractivity contribution in [2.75, 3.05) is 18.5 Å². The van der Waals surface area contributed by atoms with E-state index in [1.165, 1.54) is 11.3 Å². The van der Waals surface area contributed by atoms with Crippen LogP contribution in [0.1, 0.15) is 53.4 Å². The molecule has 0 aliphatic carbocycles. The number of carbonyl (C=O) groups excluding carboxylic acids is 1. The van der Waals surface area contributed by atoms with Gasteiger partial charge in [0.2, 0.25) is 5.91 Å². The van der Waals surface area contributed by atoms with Gasteiger partial charge in [0.25, 0.3) is 5.19 Å². The van der Waals surface area contributed by atoms with E-state index in [0.29, 0.717) is 35.1 Å². The summed E-state index contributed by atoms with van der Waals surface area (Å²) in [4.78, 5) is 16.0. The standard InChI is InChI=1S/C17H31N3O3S/c1-5-13(4)7-6-8-15(22)20-16-10-19-17(24-16)23-11-14(21)9-18-12(2)3/h10,12-14,18,21H,5-9,11H2,1-4H3,(H,20,22). The largest absolute Gasteiger partial charge is 0.467 e. The minimum Gasteiger partial charge on any atom is -0.467 e. The average Bonchev–Trinajstić information content (AvgIpc) is 2.98. The van der Waals surface area contributed by atoms with Crippen LogP contribution in [-0.4, -0.2) is 41.3 Å². The van der Waals surface area contributed by atoms with Crippen LogP contribution < -0.4 is 15.4 Å². The maximum Gasteiger partial charge on any atom is 0.275 e. The van der Waals surface area contributed by atoms with E-state index in [-0.39, 0.29) is 12.5 Å². The Hall–Kier alpha value is -1.18. The molecule has 0 aromatic carbocycles. The Morgan fingerprint density at radius 3 is 2.83 bits per heavy atom. The Morgan fingerprint density at radius 1 is 1.42 bits per heavy atom. The van der Waals surface area contributed by atoms with Crippen molar-refractivity contribution in [1.29, 1.82) is 0 Å². The van der Waals surface area contributed by atoms with Gasteiger partial charge in [0, 0.05) is 19.0 Å². The van der Waals surface area contributed by atoms with Gasteiger partial charge in [-0.3, -0.25) is 4.79 Å².